The van der Waals surface area contributed by atoms with Crippen molar-refractivity contribution >= 4 is 39.7 Å². The van der Waals surface area contributed by atoms with Crippen molar-refractivity contribution in [2.75, 3.05) is 32.3 Å². The second-order valence-electron chi connectivity index (χ2n) is 15.4. The van der Waals surface area contributed by atoms with Crippen LogP contribution in [-0.2, 0) is 46.0 Å². The van der Waals surface area contributed by atoms with Crippen LogP contribution in [0.1, 0.15) is 89.4 Å². The van der Waals surface area contributed by atoms with Gasteiger partial charge >= 0.3 is 0 Å². The minimum Gasteiger partial charge on any atom is -0.491 e. The lowest BCUT2D eigenvalue weighted by Gasteiger charge is -2.43. The summed E-state index contributed by atoms with van der Waals surface area (Å²) >= 11 is 6.48. The van der Waals surface area contributed by atoms with Gasteiger partial charge in [0.05, 0.1) is 40.7 Å². The van der Waals surface area contributed by atoms with Crippen LogP contribution < -0.4 is 15.0 Å². The lowest BCUT2D eigenvalue weighted by atomic mass is 9.70. The largest absolute Gasteiger partial charge is 0.491 e. The maximum absolute atomic E-state index is 14.2. The Morgan fingerprint density at radius 1 is 1.04 bits per heavy atom. The van der Waals surface area contributed by atoms with E-state index in [1.807, 2.05) is 37.4 Å². The van der Waals surface area contributed by atoms with Crippen LogP contribution in [-0.4, -0.2) is 65.5 Å². The lowest BCUT2D eigenvalue weighted by molar-refractivity contribution is 0.0133. The highest BCUT2D eigenvalue weighted by Gasteiger charge is 2.38. The summed E-state index contributed by atoms with van der Waals surface area (Å²) in [6.07, 6.45) is 14.1. The molecule has 4 aliphatic rings. The molecule has 12 heteroatoms. The average molecular weight is 777 g/mol. The van der Waals surface area contributed by atoms with Crippen LogP contribution in [0.2, 0.25) is 5.02 Å². The van der Waals surface area contributed by atoms with Crippen molar-refractivity contribution in [3.63, 3.8) is 0 Å². The highest BCUT2D eigenvalue weighted by atomic mass is 35.5. The summed E-state index contributed by atoms with van der Waals surface area (Å²) in [5, 5.41) is 2.88. The fourth-order valence-corrected chi connectivity index (χ4v) is 9.87. The Morgan fingerprint density at radius 2 is 1.91 bits per heavy atom. The molecule has 2 amide bonds. The summed E-state index contributed by atoms with van der Waals surface area (Å²) in [5.74, 6) is 0.149. The molecule has 3 aliphatic heterocycles. The van der Waals surface area contributed by atoms with Crippen molar-refractivity contribution in [2.24, 2.45) is 22.1 Å². The Bertz CT molecular complexity index is 1960. The van der Waals surface area contributed by atoms with E-state index < -0.39 is 21.9 Å². The van der Waals surface area contributed by atoms with Crippen molar-refractivity contribution < 1.29 is 28.0 Å². The summed E-state index contributed by atoms with van der Waals surface area (Å²) in [5.41, 5.74) is 5.07. The van der Waals surface area contributed by atoms with Crippen molar-refractivity contribution in [1.29, 1.82) is 0 Å². The van der Waals surface area contributed by atoms with E-state index in [1.54, 1.807) is 20.3 Å². The number of benzene rings is 2. The van der Waals surface area contributed by atoms with Crippen LogP contribution >= 0.6 is 11.6 Å². The Balaban J connectivity index is 1.25. The number of ether oxygens (including phenoxy) is 3. The number of aryl methyl sites for hydroxylation is 2. The third kappa shape index (κ3) is 8.75. The second-order valence-corrected chi connectivity index (χ2v) is 17.2. The molecular weight excluding hydrogens is 724 g/mol. The van der Waals surface area contributed by atoms with Crippen LogP contribution in [0.15, 0.2) is 65.2 Å². The number of amides is 2. The number of carbonyl (C=O) groups excluding carboxylic acids is 2. The van der Waals surface area contributed by atoms with Gasteiger partial charge in [-0.05, 0) is 117 Å². The van der Waals surface area contributed by atoms with Crippen molar-refractivity contribution in [3.8, 4) is 5.75 Å². The molecule has 1 aromatic heterocycles. The van der Waals surface area contributed by atoms with E-state index in [4.69, 9.17) is 25.8 Å². The van der Waals surface area contributed by atoms with Gasteiger partial charge in [-0.1, -0.05) is 36.7 Å². The highest BCUT2D eigenvalue weighted by molar-refractivity contribution is 7.76. The van der Waals surface area contributed by atoms with Gasteiger partial charge in [0.25, 0.3) is 11.8 Å². The first-order valence-corrected chi connectivity index (χ1v) is 21.1. The Hall–Kier alpha value is -3.64. The highest BCUT2D eigenvalue weighted by Crippen LogP contribution is 2.42. The number of allylic oxidation sites excluding steroid dienone is 1. The number of halogens is 1. The summed E-state index contributed by atoms with van der Waals surface area (Å²) in [6.45, 7) is 4.65. The summed E-state index contributed by atoms with van der Waals surface area (Å²) in [4.78, 5) is 30.1. The number of thiol groups is 1. The topological polar surface area (TPSA) is 111 Å². The number of nitrogens with one attached hydrogen (secondary N) is 1. The van der Waals surface area contributed by atoms with E-state index >= 15 is 0 Å². The maximum Gasteiger partial charge on any atom is 0.285 e. The zero-order valence-electron chi connectivity index (χ0n) is 31.5. The second kappa shape index (κ2) is 17.4. The maximum atomic E-state index is 14.2. The summed E-state index contributed by atoms with van der Waals surface area (Å²) in [6, 6.07) is 13.4. The Kier molecular flexibility index (Phi) is 12.5. The molecule has 290 valence electrons. The molecule has 4 heterocycles. The number of hydrogen-bond donors (Lipinski definition) is 2. The third-order valence-electron chi connectivity index (χ3n) is 11.8. The van der Waals surface area contributed by atoms with Crippen molar-refractivity contribution in [3.05, 3.63) is 93.8 Å². The predicted octanol–water partition coefficient (Wildman–Crippen LogP) is 7.41. The molecule has 7 rings (SSSR count). The monoisotopic (exact) mass is 776 g/mol. The molecule has 1 fully saturated rings. The van der Waals surface area contributed by atoms with E-state index in [1.165, 1.54) is 11.1 Å². The first kappa shape index (κ1) is 38.6. The van der Waals surface area contributed by atoms with Crippen LogP contribution in [0, 0.1) is 17.8 Å². The molecule has 3 aromatic rings. The number of rotatable bonds is 4. The molecule has 54 heavy (non-hydrogen) atoms. The fraction of sp³-hybridized carbons (Fsp3) is 0.524. The van der Waals surface area contributed by atoms with Gasteiger partial charge in [0.15, 0.2) is 0 Å². The summed E-state index contributed by atoms with van der Waals surface area (Å²) < 4.78 is 38.7. The van der Waals surface area contributed by atoms with Crippen molar-refractivity contribution in [1.82, 2.24) is 9.88 Å². The molecule has 7 atom stereocenters. The van der Waals surface area contributed by atoms with E-state index in [0.717, 1.165) is 80.9 Å². The molecule has 1 N–H and O–H groups in total. The molecular formula is C42H53ClN4O6S. The average Bonchev–Trinajstić information content (AvgIpc) is 3.44. The van der Waals surface area contributed by atoms with Gasteiger partial charge in [-0.3, -0.25) is 13.8 Å². The van der Waals surface area contributed by atoms with Gasteiger partial charge < -0.3 is 29.0 Å². The first-order chi connectivity index (χ1) is 26.2. The Morgan fingerprint density at radius 3 is 2.70 bits per heavy atom. The van der Waals surface area contributed by atoms with E-state index in [9.17, 15) is 13.8 Å². The zero-order chi connectivity index (χ0) is 37.8. The molecule has 0 radical (unpaired) electrons. The van der Waals surface area contributed by atoms with Crippen LogP contribution in [0.3, 0.4) is 0 Å². The van der Waals surface area contributed by atoms with Crippen molar-refractivity contribution in [2.45, 2.75) is 95.4 Å². The SMILES string of the molecule is COC1CCCn2cc(C(=O)NC3[C@@H](C)C/C=C/[C@H](OC)[C@@H]4CC[C@H]4CN4Cc5ccc(Cl)cc5CCCCOc5ccc(cc54)C(=O)/N=[SH]\3=O)cc2C1. The van der Waals surface area contributed by atoms with Gasteiger partial charge in [0, 0.05) is 62.8 Å². The number of hydrogen-bond acceptors (Lipinski definition) is 7. The number of nitrogens with zero attached hydrogens (tertiary/aromatic N) is 3. The van der Waals surface area contributed by atoms with Gasteiger partial charge in [-0.25, -0.2) is 0 Å². The van der Waals surface area contributed by atoms with E-state index in [2.05, 4.69) is 43.4 Å². The standard InChI is InChI=1S/C42H53ClN4O6S/c1-27-8-6-11-38(52-3)36-16-13-31(36)25-47-24-30-12-15-33(43)20-28(30)9-4-5-19-53-39-17-14-29(22-37(39)47)41(49)45-54(50)42(27)44-40(48)32-21-34-23-35(51-2)10-7-18-46(34)26-32/h6,11-12,14-15,17,20-22,26-27,31,35-36,38,42,54H,4-5,7-10,13,16,18-19,23-25H2,1-3H3,(H,44,48)/b11-6+/t27-,31-,35?,36+,38-,42?/m0/s1. The molecule has 3 unspecified atom stereocenters. The zero-order valence-corrected chi connectivity index (χ0v) is 33.2. The lowest BCUT2D eigenvalue weighted by Crippen LogP contribution is -2.43. The number of anilines is 1. The molecule has 1 saturated carbocycles. The van der Waals surface area contributed by atoms with Crippen LogP contribution in [0.25, 0.3) is 0 Å². The fourth-order valence-electron chi connectivity index (χ4n) is 8.47. The molecule has 0 saturated heterocycles. The normalized spacial score (nSPS) is 28.6. The Labute approximate surface area is 325 Å². The number of methoxy groups -OCH3 is 2. The van der Waals surface area contributed by atoms with Gasteiger partial charge in [0.1, 0.15) is 11.1 Å². The van der Waals surface area contributed by atoms with Gasteiger partial charge in [0.2, 0.25) is 0 Å². The van der Waals surface area contributed by atoms with Gasteiger partial charge in [-0.15, -0.1) is 0 Å². The summed E-state index contributed by atoms with van der Waals surface area (Å²) in [7, 11) is 0.934. The minimum atomic E-state index is -2.55. The minimum absolute atomic E-state index is 0.0957. The quantitative estimate of drug-likeness (QED) is 0.210. The smallest absolute Gasteiger partial charge is 0.285 e. The van der Waals surface area contributed by atoms with Crippen LogP contribution in [0.5, 0.6) is 5.75 Å². The van der Waals surface area contributed by atoms with E-state index in [-0.39, 0.29) is 24.0 Å². The van der Waals surface area contributed by atoms with E-state index in [0.29, 0.717) is 48.3 Å². The predicted molar refractivity (Wildman–Crippen MR) is 213 cm³/mol. The third-order valence-corrected chi connectivity index (χ3v) is 13.5. The number of fused-ring (bicyclic) bond motifs is 4. The molecule has 0 spiro atoms. The van der Waals surface area contributed by atoms with Gasteiger partial charge in [-0.2, -0.15) is 4.36 Å². The molecule has 1 aliphatic carbocycles. The first-order valence-electron chi connectivity index (χ1n) is 19.4. The number of carbonyl (C=O) groups is 2. The van der Waals surface area contributed by atoms with Crippen LogP contribution in [0.4, 0.5) is 5.69 Å². The number of aromatic nitrogens is 1. The molecule has 2 aromatic carbocycles. The molecule has 10 nitrogen and oxygen atoms in total. The molecule has 2 bridgehead atoms.